The molecule has 7 nitrogen and oxygen atoms in total. The van der Waals surface area contributed by atoms with Crippen molar-refractivity contribution in [2.24, 2.45) is 4.99 Å². The number of hydrogen-bond acceptors (Lipinski definition) is 7. The average molecular weight is 550 g/mol. The number of nitrogens with zero attached hydrogens (tertiary/aromatic N) is 3. The Morgan fingerprint density at radius 2 is 1.84 bits per heavy atom. The third-order valence-corrected chi connectivity index (χ3v) is 8.92. The topological polar surface area (TPSA) is 81.0 Å². The number of esters is 1. The van der Waals surface area contributed by atoms with Crippen LogP contribution in [-0.4, -0.2) is 29.6 Å². The van der Waals surface area contributed by atoms with Crippen LogP contribution in [0.15, 0.2) is 62.8 Å². The van der Waals surface area contributed by atoms with Gasteiger partial charge in [0, 0.05) is 17.0 Å². The first-order valence-electron chi connectivity index (χ1n) is 13.1. The summed E-state index contributed by atoms with van der Waals surface area (Å²) >= 11 is 2.68. The summed E-state index contributed by atoms with van der Waals surface area (Å²) < 4.78 is 7.26. The molecule has 38 heavy (non-hydrogen) atoms. The van der Waals surface area contributed by atoms with Crippen LogP contribution in [0.25, 0.3) is 5.57 Å². The van der Waals surface area contributed by atoms with Crippen LogP contribution in [0.5, 0.6) is 0 Å². The van der Waals surface area contributed by atoms with E-state index in [1.165, 1.54) is 35.5 Å². The van der Waals surface area contributed by atoms with Crippen LogP contribution in [0.1, 0.15) is 69.4 Å². The molecule has 198 valence electrons. The number of fused-ring (bicyclic) bond motifs is 2. The lowest BCUT2D eigenvalue weighted by Crippen LogP contribution is -2.40. The molecule has 0 spiro atoms. The van der Waals surface area contributed by atoms with Gasteiger partial charge in [0.1, 0.15) is 10.6 Å². The molecule has 3 aromatic rings. The summed E-state index contributed by atoms with van der Waals surface area (Å²) in [6, 6.07) is 10.8. The fourth-order valence-electron chi connectivity index (χ4n) is 5.15. The normalized spacial score (nSPS) is 17.9. The highest BCUT2D eigenvalue weighted by atomic mass is 32.1. The van der Waals surface area contributed by atoms with Gasteiger partial charge in [-0.15, -0.1) is 11.3 Å². The minimum absolute atomic E-state index is 0.152. The number of thiazole rings is 1. The number of unbranched alkanes of at least 4 members (excludes halogenated alkanes) is 4. The van der Waals surface area contributed by atoms with E-state index in [1.807, 2.05) is 41.8 Å². The van der Waals surface area contributed by atoms with Gasteiger partial charge in [-0.2, -0.15) is 0 Å². The lowest BCUT2D eigenvalue weighted by atomic mass is 10.0. The quantitative estimate of drug-likeness (QED) is 0.290. The number of carbonyl (C=O) groups excluding carboxylic acids is 2. The van der Waals surface area contributed by atoms with Crippen molar-refractivity contribution in [3.05, 3.63) is 83.2 Å². The molecular formula is C29H31N3O4S2. The van der Waals surface area contributed by atoms with Crippen LogP contribution in [0, 0.1) is 0 Å². The fourth-order valence-corrected chi connectivity index (χ4v) is 7.11. The molecule has 1 aromatic carbocycles. The summed E-state index contributed by atoms with van der Waals surface area (Å²) in [6.07, 6.45) is 5.48. The van der Waals surface area contributed by atoms with Gasteiger partial charge in [-0.1, -0.05) is 68.2 Å². The molecule has 0 radical (unpaired) electrons. The number of ether oxygens (including phenoxy) is 1. The minimum atomic E-state index is -0.652. The van der Waals surface area contributed by atoms with Crippen LogP contribution >= 0.6 is 22.7 Å². The molecule has 2 aliphatic rings. The standard InChI is InChI=1S/C29H31N3O4S2/c1-4-6-7-8-11-16-31-20-14-10-9-13-19(20)23(26(31)33)25-27(34)32-24(21-15-12-17-37-21)22(28(35)36-5-2)18(3)30-29(32)38-25/h9-10,12-15,17,24H,4-8,11,16H2,1-3H3/b25-23-. The van der Waals surface area contributed by atoms with Crippen LogP contribution in [0.3, 0.4) is 0 Å². The SMILES string of the molecule is CCCCCCCN1C(=O)/C(=c2\sc3n(c2=O)C(c2cccs2)C(C(=O)OCC)=C(C)N=3)c2ccccc21. The number of benzene rings is 1. The number of aromatic nitrogens is 1. The monoisotopic (exact) mass is 549 g/mol. The average Bonchev–Trinajstić information content (AvgIpc) is 3.61. The molecule has 5 rings (SSSR count). The largest absolute Gasteiger partial charge is 0.463 e. The van der Waals surface area contributed by atoms with E-state index < -0.39 is 12.0 Å². The lowest BCUT2D eigenvalue weighted by molar-refractivity contribution is -0.139. The van der Waals surface area contributed by atoms with Crippen LogP contribution in [-0.2, 0) is 14.3 Å². The van der Waals surface area contributed by atoms with Crippen molar-refractivity contribution in [3.8, 4) is 0 Å². The third-order valence-electron chi connectivity index (χ3n) is 6.94. The second-order valence-corrected chi connectivity index (χ2v) is 11.4. The maximum atomic E-state index is 14.1. The Bertz CT molecular complexity index is 1580. The van der Waals surface area contributed by atoms with E-state index in [4.69, 9.17) is 4.74 Å². The predicted octanol–water partition coefficient (Wildman–Crippen LogP) is 4.55. The summed E-state index contributed by atoms with van der Waals surface area (Å²) in [6.45, 7) is 6.54. The van der Waals surface area contributed by atoms with Crippen LogP contribution in [0.4, 0.5) is 5.69 Å². The van der Waals surface area contributed by atoms with E-state index in [0.29, 0.717) is 32.7 Å². The van der Waals surface area contributed by atoms with Crippen LogP contribution in [0.2, 0.25) is 0 Å². The van der Waals surface area contributed by atoms with Crippen molar-refractivity contribution in [1.29, 1.82) is 0 Å². The zero-order chi connectivity index (χ0) is 26.8. The van der Waals surface area contributed by atoms with E-state index in [-0.39, 0.29) is 18.1 Å². The number of para-hydroxylation sites is 1. The zero-order valence-electron chi connectivity index (χ0n) is 21.9. The molecular weight excluding hydrogens is 518 g/mol. The number of amides is 1. The molecule has 0 saturated heterocycles. The lowest BCUT2D eigenvalue weighted by Gasteiger charge is -2.23. The number of allylic oxidation sites excluding steroid dienone is 1. The van der Waals surface area contributed by atoms with Crippen molar-refractivity contribution in [3.63, 3.8) is 0 Å². The maximum absolute atomic E-state index is 14.1. The first-order chi connectivity index (χ1) is 18.5. The second kappa shape index (κ2) is 11.2. The fraction of sp³-hybridized carbons (Fsp3) is 0.379. The molecule has 1 atom stereocenters. The van der Waals surface area contributed by atoms with E-state index in [9.17, 15) is 14.4 Å². The van der Waals surface area contributed by atoms with Gasteiger partial charge in [-0.05, 0) is 37.8 Å². The van der Waals surface area contributed by atoms with E-state index >= 15 is 0 Å². The van der Waals surface area contributed by atoms with Gasteiger partial charge in [0.25, 0.3) is 11.5 Å². The Kier molecular flexibility index (Phi) is 7.76. The number of hydrogen-bond donors (Lipinski definition) is 0. The predicted molar refractivity (Wildman–Crippen MR) is 151 cm³/mol. The summed E-state index contributed by atoms with van der Waals surface area (Å²) in [7, 11) is 0. The van der Waals surface area contributed by atoms with Crippen molar-refractivity contribution >= 4 is 45.8 Å². The smallest absolute Gasteiger partial charge is 0.338 e. The highest BCUT2D eigenvalue weighted by molar-refractivity contribution is 7.10. The molecule has 9 heteroatoms. The number of anilines is 1. The molecule has 2 aliphatic heterocycles. The Hall–Kier alpha value is -3.30. The minimum Gasteiger partial charge on any atom is -0.463 e. The van der Waals surface area contributed by atoms with Gasteiger partial charge in [0.15, 0.2) is 4.80 Å². The van der Waals surface area contributed by atoms with E-state index in [1.54, 1.807) is 23.3 Å². The molecule has 0 bridgehead atoms. The Labute approximate surface area is 229 Å². The third kappa shape index (κ3) is 4.58. The Morgan fingerprint density at radius 3 is 2.58 bits per heavy atom. The molecule has 0 fully saturated rings. The highest BCUT2D eigenvalue weighted by Gasteiger charge is 2.37. The van der Waals surface area contributed by atoms with Gasteiger partial charge in [-0.3, -0.25) is 14.2 Å². The zero-order valence-corrected chi connectivity index (χ0v) is 23.5. The van der Waals surface area contributed by atoms with Gasteiger partial charge in [0.05, 0.1) is 29.1 Å². The number of thiophene rings is 1. The molecule has 1 unspecified atom stereocenters. The van der Waals surface area contributed by atoms with Crippen molar-refractivity contribution < 1.29 is 14.3 Å². The summed E-state index contributed by atoms with van der Waals surface area (Å²) in [5.41, 5.74) is 2.58. The summed E-state index contributed by atoms with van der Waals surface area (Å²) in [4.78, 5) is 48.7. The van der Waals surface area contributed by atoms with Gasteiger partial charge in [0.2, 0.25) is 0 Å². The molecule has 0 aliphatic carbocycles. The molecule has 2 aromatic heterocycles. The first kappa shape index (κ1) is 26.3. The van der Waals surface area contributed by atoms with Gasteiger partial charge < -0.3 is 9.64 Å². The second-order valence-electron chi connectivity index (χ2n) is 9.40. The first-order valence-corrected chi connectivity index (χ1v) is 14.8. The summed E-state index contributed by atoms with van der Waals surface area (Å²) in [5.74, 6) is -0.636. The Morgan fingerprint density at radius 1 is 1.05 bits per heavy atom. The van der Waals surface area contributed by atoms with Crippen molar-refractivity contribution in [2.45, 2.75) is 58.9 Å². The van der Waals surface area contributed by atoms with Gasteiger partial charge >= 0.3 is 5.97 Å². The molecule has 0 N–H and O–H groups in total. The van der Waals surface area contributed by atoms with Crippen molar-refractivity contribution in [1.82, 2.24) is 4.57 Å². The number of rotatable bonds is 9. The Balaban J connectivity index is 1.65. The van der Waals surface area contributed by atoms with E-state index in [2.05, 4.69) is 11.9 Å². The van der Waals surface area contributed by atoms with Gasteiger partial charge in [-0.25, -0.2) is 9.79 Å². The molecule has 1 amide bonds. The highest BCUT2D eigenvalue weighted by Crippen LogP contribution is 2.36. The number of carbonyl (C=O) groups is 2. The molecule has 0 saturated carbocycles. The van der Waals surface area contributed by atoms with Crippen molar-refractivity contribution in [2.75, 3.05) is 18.1 Å². The maximum Gasteiger partial charge on any atom is 0.338 e. The van der Waals surface area contributed by atoms with E-state index in [0.717, 1.165) is 35.4 Å². The molecule has 4 heterocycles. The van der Waals surface area contributed by atoms with Crippen LogP contribution < -0.4 is 19.8 Å². The summed E-state index contributed by atoms with van der Waals surface area (Å²) in [5, 5.41) is 1.92.